The second-order valence-corrected chi connectivity index (χ2v) is 7.37. The van der Waals surface area contributed by atoms with E-state index < -0.39 is 0 Å². The minimum atomic E-state index is 0. The maximum absolute atomic E-state index is 12.8. The molecule has 0 bridgehead atoms. The molecule has 0 aromatic carbocycles. The van der Waals surface area contributed by atoms with Crippen LogP contribution in [0.15, 0.2) is 0 Å². The van der Waals surface area contributed by atoms with Gasteiger partial charge in [0.25, 0.3) is 0 Å². The fourth-order valence-electron chi connectivity index (χ4n) is 4.17. The van der Waals surface area contributed by atoms with Crippen LogP contribution in [0.3, 0.4) is 0 Å². The topological polar surface area (TPSA) is 46.3 Å². The lowest BCUT2D eigenvalue weighted by molar-refractivity contribution is -0.137. The predicted octanol–water partition coefficient (Wildman–Crippen LogP) is 3.99. The van der Waals surface area contributed by atoms with Crippen molar-refractivity contribution in [3.8, 4) is 0 Å². The van der Waals surface area contributed by atoms with Gasteiger partial charge in [0.05, 0.1) is 0 Å². The van der Waals surface area contributed by atoms with Crippen molar-refractivity contribution in [3.63, 3.8) is 0 Å². The van der Waals surface area contributed by atoms with E-state index in [0.717, 1.165) is 44.7 Å². The van der Waals surface area contributed by atoms with Crippen molar-refractivity contribution in [1.82, 2.24) is 4.90 Å². The third-order valence-corrected chi connectivity index (χ3v) is 5.78. The second kappa shape index (κ2) is 9.77. The molecule has 1 saturated heterocycles. The lowest BCUT2D eigenvalue weighted by Crippen LogP contribution is -2.45. The lowest BCUT2D eigenvalue weighted by atomic mass is 9.81. The van der Waals surface area contributed by atoms with Gasteiger partial charge in [-0.3, -0.25) is 4.79 Å². The molecule has 2 aliphatic rings. The number of rotatable bonds is 5. The van der Waals surface area contributed by atoms with Crippen molar-refractivity contribution < 1.29 is 4.79 Å². The standard InChI is InChI=1S/C18H34N2O.ClH/c1-3-16(13-15-7-5-4-6-8-15)18(21)20-11-9-17(10-12-20)14(2)19;/h14-17H,3-13,19H2,1-2H3;1H. The van der Waals surface area contributed by atoms with E-state index in [-0.39, 0.29) is 24.4 Å². The molecule has 0 aromatic heterocycles. The van der Waals surface area contributed by atoms with Crippen LogP contribution in [0.5, 0.6) is 0 Å². The van der Waals surface area contributed by atoms with Crippen LogP contribution in [0.2, 0.25) is 0 Å². The van der Waals surface area contributed by atoms with Gasteiger partial charge in [-0.25, -0.2) is 0 Å². The molecule has 1 aliphatic carbocycles. The monoisotopic (exact) mass is 330 g/mol. The van der Waals surface area contributed by atoms with Crippen molar-refractivity contribution >= 4 is 18.3 Å². The average Bonchev–Trinajstić information content (AvgIpc) is 2.53. The quantitative estimate of drug-likeness (QED) is 0.828. The Bertz CT molecular complexity index is 321. The molecule has 2 rings (SSSR count). The normalized spacial score (nSPS) is 23.7. The Balaban J connectivity index is 0.00000242. The van der Waals surface area contributed by atoms with Crippen LogP contribution in [0.4, 0.5) is 0 Å². The molecule has 4 heteroatoms. The summed E-state index contributed by atoms with van der Waals surface area (Å²) >= 11 is 0. The first-order chi connectivity index (χ1) is 10.1. The summed E-state index contributed by atoms with van der Waals surface area (Å²) in [5, 5.41) is 0. The molecule has 2 fully saturated rings. The Labute approximate surface area is 142 Å². The molecule has 1 aliphatic heterocycles. The van der Waals surface area contributed by atoms with Crippen LogP contribution in [-0.2, 0) is 4.79 Å². The molecule has 0 spiro atoms. The number of nitrogens with zero attached hydrogens (tertiary/aromatic N) is 1. The van der Waals surface area contributed by atoms with Crippen LogP contribution in [0.1, 0.15) is 71.6 Å². The van der Waals surface area contributed by atoms with Crippen molar-refractivity contribution in [1.29, 1.82) is 0 Å². The summed E-state index contributed by atoms with van der Waals surface area (Å²) in [6, 6.07) is 0.270. The van der Waals surface area contributed by atoms with E-state index >= 15 is 0 Å². The zero-order chi connectivity index (χ0) is 15.2. The van der Waals surface area contributed by atoms with E-state index in [1.54, 1.807) is 0 Å². The first-order valence-electron chi connectivity index (χ1n) is 9.16. The molecule has 1 saturated carbocycles. The van der Waals surface area contributed by atoms with Crippen molar-refractivity contribution in [2.24, 2.45) is 23.5 Å². The summed E-state index contributed by atoms with van der Waals surface area (Å²) < 4.78 is 0. The molecular formula is C18H35ClN2O. The minimum absolute atomic E-state index is 0. The molecule has 2 atom stereocenters. The summed E-state index contributed by atoms with van der Waals surface area (Å²) in [4.78, 5) is 14.9. The van der Waals surface area contributed by atoms with Crippen LogP contribution < -0.4 is 5.73 Å². The highest BCUT2D eigenvalue weighted by atomic mass is 35.5. The SMILES string of the molecule is CCC(CC1CCCCC1)C(=O)N1CCC(C(C)N)CC1.Cl. The van der Waals surface area contributed by atoms with Gasteiger partial charge in [0.1, 0.15) is 0 Å². The maximum atomic E-state index is 12.8. The Morgan fingerprint density at radius 2 is 1.73 bits per heavy atom. The Kier molecular flexibility index (Phi) is 8.78. The first kappa shape index (κ1) is 19.8. The summed E-state index contributed by atoms with van der Waals surface area (Å²) in [5.74, 6) is 2.09. The minimum Gasteiger partial charge on any atom is -0.342 e. The van der Waals surface area contributed by atoms with Crippen LogP contribution in [-0.4, -0.2) is 29.9 Å². The highest BCUT2D eigenvalue weighted by Gasteiger charge is 2.30. The average molecular weight is 331 g/mol. The van der Waals surface area contributed by atoms with Crippen molar-refractivity contribution in [3.05, 3.63) is 0 Å². The van der Waals surface area contributed by atoms with Gasteiger partial charge in [0.15, 0.2) is 0 Å². The molecule has 2 N–H and O–H groups in total. The number of nitrogens with two attached hydrogens (primary N) is 1. The van der Waals surface area contributed by atoms with E-state index in [1.807, 2.05) is 0 Å². The number of hydrogen-bond acceptors (Lipinski definition) is 2. The van der Waals surface area contributed by atoms with E-state index in [4.69, 9.17) is 5.73 Å². The number of halogens is 1. The van der Waals surface area contributed by atoms with Crippen molar-refractivity contribution in [2.75, 3.05) is 13.1 Å². The summed E-state index contributed by atoms with van der Waals surface area (Å²) in [6.07, 6.45) is 11.1. The van der Waals surface area contributed by atoms with Gasteiger partial charge in [0, 0.05) is 25.0 Å². The smallest absolute Gasteiger partial charge is 0.225 e. The van der Waals surface area contributed by atoms with Gasteiger partial charge < -0.3 is 10.6 Å². The predicted molar refractivity (Wildman–Crippen MR) is 95.2 cm³/mol. The zero-order valence-electron chi connectivity index (χ0n) is 14.4. The highest BCUT2D eigenvalue weighted by Crippen LogP contribution is 2.31. The molecule has 3 nitrogen and oxygen atoms in total. The van der Waals surface area contributed by atoms with E-state index in [0.29, 0.717) is 11.8 Å². The van der Waals surface area contributed by atoms with Crippen molar-refractivity contribution in [2.45, 2.75) is 77.7 Å². The van der Waals surface area contributed by atoms with Gasteiger partial charge in [-0.1, -0.05) is 39.0 Å². The Morgan fingerprint density at radius 3 is 2.23 bits per heavy atom. The van der Waals surface area contributed by atoms with E-state index in [1.165, 1.54) is 32.1 Å². The number of carbonyl (C=O) groups is 1. The largest absolute Gasteiger partial charge is 0.342 e. The number of likely N-dealkylation sites (tertiary alicyclic amines) is 1. The molecule has 22 heavy (non-hydrogen) atoms. The highest BCUT2D eigenvalue weighted by molar-refractivity contribution is 5.85. The van der Waals surface area contributed by atoms with E-state index in [9.17, 15) is 4.79 Å². The number of piperidine rings is 1. The molecule has 1 heterocycles. The number of amides is 1. The third kappa shape index (κ3) is 5.42. The third-order valence-electron chi connectivity index (χ3n) is 5.78. The number of carbonyl (C=O) groups excluding carboxylic acids is 1. The molecule has 1 amide bonds. The van der Waals surface area contributed by atoms with E-state index in [2.05, 4.69) is 18.7 Å². The molecule has 0 radical (unpaired) electrons. The summed E-state index contributed by atoms with van der Waals surface area (Å²) in [7, 11) is 0. The summed E-state index contributed by atoms with van der Waals surface area (Å²) in [5.41, 5.74) is 5.99. The Morgan fingerprint density at radius 1 is 1.14 bits per heavy atom. The lowest BCUT2D eigenvalue weighted by Gasteiger charge is -2.36. The second-order valence-electron chi connectivity index (χ2n) is 7.37. The molecule has 130 valence electrons. The van der Waals surface area contributed by atoms with Gasteiger partial charge in [-0.15, -0.1) is 12.4 Å². The van der Waals surface area contributed by atoms with Gasteiger partial charge >= 0.3 is 0 Å². The fraction of sp³-hybridized carbons (Fsp3) is 0.944. The molecular weight excluding hydrogens is 296 g/mol. The zero-order valence-corrected chi connectivity index (χ0v) is 15.2. The van der Waals surface area contributed by atoms with Gasteiger partial charge in [0.2, 0.25) is 5.91 Å². The number of hydrogen-bond donors (Lipinski definition) is 1. The maximum Gasteiger partial charge on any atom is 0.225 e. The Hall–Kier alpha value is -0.280. The molecule has 0 aromatic rings. The van der Waals surface area contributed by atoms with Crippen LogP contribution in [0, 0.1) is 17.8 Å². The van der Waals surface area contributed by atoms with Crippen LogP contribution >= 0.6 is 12.4 Å². The van der Waals surface area contributed by atoms with Crippen LogP contribution in [0.25, 0.3) is 0 Å². The first-order valence-corrected chi connectivity index (χ1v) is 9.16. The van der Waals surface area contributed by atoms with Gasteiger partial charge in [-0.05, 0) is 44.4 Å². The summed E-state index contributed by atoms with van der Waals surface area (Å²) in [6.45, 7) is 6.12. The fourth-order valence-corrected chi connectivity index (χ4v) is 4.17. The van der Waals surface area contributed by atoms with Gasteiger partial charge in [-0.2, -0.15) is 0 Å². The molecule has 2 unspecified atom stereocenters.